The first-order chi connectivity index (χ1) is 8.18. The molecule has 0 atom stereocenters. The maximum atomic E-state index is 5.91. The van der Waals surface area contributed by atoms with Crippen molar-refractivity contribution >= 4 is 5.84 Å². The largest absolute Gasteiger partial charge is 0.383 e. The van der Waals surface area contributed by atoms with E-state index < -0.39 is 0 Å². The van der Waals surface area contributed by atoms with Crippen molar-refractivity contribution in [3.8, 4) is 0 Å². The molecule has 0 spiro atoms. The van der Waals surface area contributed by atoms with Crippen molar-refractivity contribution in [2.45, 2.75) is 20.4 Å². The number of benzene rings is 1. The minimum Gasteiger partial charge on any atom is -0.383 e. The molecule has 0 unspecified atom stereocenters. The molecule has 1 heterocycles. The summed E-state index contributed by atoms with van der Waals surface area (Å²) >= 11 is 0. The summed E-state index contributed by atoms with van der Waals surface area (Å²) in [5.41, 5.74) is 8.71. The van der Waals surface area contributed by atoms with Crippen LogP contribution in [0.1, 0.15) is 22.6 Å². The maximum absolute atomic E-state index is 5.91. The molecule has 4 nitrogen and oxygen atoms in total. The van der Waals surface area contributed by atoms with E-state index in [2.05, 4.69) is 10.1 Å². The van der Waals surface area contributed by atoms with Crippen molar-refractivity contribution in [3.63, 3.8) is 0 Å². The normalized spacial score (nSPS) is 11.8. The molecule has 2 N–H and O–H groups in total. The highest BCUT2D eigenvalue weighted by atomic mass is 16.5. The Morgan fingerprint density at radius 1 is 1.29 bits per heavy atom. The predicted octanol–water partition coefficient (Wildman–Crippen LogP) is 2.20. The third kappa shape index (κ3) is 2.53. The Hall–Kier alpha value is -2.10. The third-order valence-electron chi connectivity index (χ3n) is 2.66. The highest BCUT2D eigenvalue weighted by molar-refractivity contribution is 5.97. The van der Waals surface area contributed by atoms with Gasteiger partial charge in [0.2, 0.25) is 0 Å². The molecule has 2 rings (SSSR count). The second kappa shape index (κ2) is 4.82. The highest BCUT2D eigenvalue weighted by Crippen LogP contribution is 2.13. The Morgan fingerprint density at radius 2 is 2.00 bits per heavy atom. The van der Waals surface area contributed by atoms with Crippen LogP contribution in [0.2, 0.25) is 0 Å². The predicted molar refractivity (Wildman–Crippen MR) is 66.8 cm³/mol. The van der Waals surface area contributed by atoms with Crippen molar-refractivity contribution in [3.05, 3.63) is 52.9 Å². The maximum Gasteiger partial charge on any atom is 0.138 e. The first-order valence-corrected chi connectivity index (χ1v) is 5.45. The number of hydrogen-bond acceptors (Lipinski definition) is 3. The molecule has 4 heteroatoms. The number of hydrogen-bond donors (Lipinski definition) is 1. The lowest BCUT2D eigenvalue weighted by atomic mass is 10.2. The van der Waals surface area contributed by atoms with E-state index in [-0.39, 0.29) is 0 Å². The lowest BCUT2D eigenvalue weighted by molar-refractivity contribution is 0.392. The molecule has 88 valence electrons. The Labute approximate surface area is 100 Å². The van der Waals surface area contributed by atoms with Crippen molar-refractivity contribution in [1.82, 2.24) is 5.16 Å². The molecule has 0 aliphatic heterocycles. The van der Waals surface area contributed by atoms with Crippen LogP contribution < -0.4 is 5.73 Å². The molecule has 0 aliphatic rings. The zero-order chi connectivity index (χ0) is 12.3. The number of aryl methyl sites for hydroxylation is 2. The van der Waals surface area contributed by atoms with Gasteiger partial charge >= 0.3 is 0 Å². The van der Waals surface area contributed by atoms with Crippen LogP contribution in [0.5, 0.6) is 0 Å². The molecule has 2 aromatic rings. The van der Waals surface area contributed by atoms with E-state index in [1.54, 1.807) is 0 Å². The Kier molecular flexibility index (Phi) is 3.23. The number of aliphatic imine (C=N–C) groups is 1. The Morgan fingerprint density at radius 3 is 2.59 bits per heavy atom. The van der Waals surface area contributed by atoms with Gasteiger partial charge < -0.3 is 10.3 Å². The molecular formula is C13H15N3O. The van der Waals surface area contributed by atoms with Gasteiger partial charge in [-0.05, 0) is 13.8 Å². The quantitative estimate of drug-likeness (QED) is 0.648. The molecule has 0 saturated heterocycles. The van der Waals surface area contributed by atoms with Crippen LogP contribution in [0.4, 0.5) is 0 Å². The van der Waals surface area contributed by atoms with Gasteiger partial charge in [0.05, 0.1) is 12.2 Å². The van der Waals surface area contributed by atoms with Crippen LogP contribution in [-0.4, -0.2) is 11.0 Å². The zero-order valence-corrected chi connectivity index (χ0v) is 9.97. The van der Waals surface area contributed by atoms with Gasteiger partial charge in [0.15, 0.2) is 0 Å². The summed E-state index contributed by atoms with van der Waals surface area (Å²) in [4.78, 5) is 4.35. The summed E-state index contributed by atoms with van der Waals surface area (Å²) in [5, 5.41) is 3.88. The molecule has 1 aromatic heterocycles. The number of rotatable bonds is 3. The Balaban J connectivity index is 2.17. The minimum absolute atomic E-state index is 0.502. The van der Waals surface area contributed by atoms with Crippen molar-refractivity contribution in [2.75, 3.05) is 0 Å². The lowest BCUT2D eigenvalue weighted by Gasteiger charge is -2.00. The average molecular weight is 229 g/mol. The van der Waals surface area contributed by atoms with Crippen LogP contribution in [-0.2, 0) is 6.54 Å². The summed E-state index contributed by atoms with van der Waals surface area (Å²) in [5.74, 6) is 1.33. The van der Waals surface area contributed by atoms with Crippen LogP contribution in [0, 0.1) is 13.8 Å². The van der Waals surface area contributed by atoms with E-state index in [1.165, 1.54) is 0 Å². The van der Waals surface area contributed by atoms with Gasteiger partial charge in [0.1, 0.15) is 11.6 Å². The number of amidine groups is 1. The van der Waals surface area contributed by atoms with Crippen molar-refractivity contribution < 1.29 is 4.52 Å². The van der Waals surface area contributed by atoms with Gasteiger partial charge in [-0.2, -0.15) is 0 Å². The van der Waals surface area contributed by atoms with Gasteiger partial charge in [0.25, 0.3) is 0 Å². The first kappa shape index (κ1) is 11.4. The van der Waals surface area contributed by atoms with Gasteiger partial charge in [-0.25, -0.2) is 0 Å². The molecule has 1 aromatic carbocycles. The standard InChI is InChI=1S/C13H15N3O/c1-9-12(10(2)17-16-9)8-15-13(14)11-6-4-3-5-7-11/h3-7H,8H2,1-2H3,(H2,14,15). The van der Waals surface area contributed by atoms with Crippen LogP contribution in [0.25, 0.3) is 0 Å². The fraction of sp³-hybridized carbons (Fsp3) is 0.231. The van der Waals surface area contributed by atoms with Gasteiger partial charge in [-0.15, -0.1) is 0 Å². The first-order valence-electron chi connectivity index (χ1n) is 5.45. The summed E-state index contributed by atoms with van der Waals surface area (Å²) in [6, 6.07) is 9.70. The summed E-state index contributed by atoms with van der Waals surface area (Å²) in [6.45, 7) is 4.28. The fourth-order valence-corrected chi connectivity index (χ4v) is 1.59. The van der Waals surface area contributed by atoms with Gasteiger partial charge in [-0.3, -0.25) is 4.99 Å². The number of nitrogens with zero attached hydrogens (tertiary/aromatic N) is 2. The monoisotopic (exact) mass is 229 g/mol. The summed E-state index contributed by atoms with van der Waals surface area (Å²) in [6.07, 6.45) is 0. The number of aromatic nitrogens is 1. The third-order valence-corrected chi connectivity index (χ3v) is 2.66. The fourth-order valence-electron chi connectivity index (χ4n) is 1.59. The molecule has 0 saturated carbocycles. The molecular weight excluding hydrogens is 214 g/mol. The highest BCUT2D eigenvalue weighted by Gasteiger charge is 2.08. The number of nitrogens with two attached hydrogens (primary N) is 1. The van der Waals surface area contributed by atoms with Crippen molar-refractivity contribution in [1.29, 1.82) is 0 Å². The molecule has 0 bridgehead atoms. The smallest absolute Gasteiger partial charge is 0.138 e. The average Bonchev–Trinajstić information content (AvgIpc) is 2.67. The summed E-state index contributed by atoms with van der Waals surface area (Å²) < 4.78 is 5.07. The van der Waals surface area contributed by atoms with E-state index in [0.717, 1.165) is 22.6 Å². The second-order valence-electron chi connectivity index (χ2n) is 3.87. The van der Waals surface area contributed by atoms with E-state index in [9.17, 15) is 0 Å². The van der Waals surface area contributed by atoms with E-state index >= 15 is 0 Å². The molecule has 0 aliphatic carbocycles. The zero-order valence-electron chi connectivity index (χ0n) is 9.97. The molecule has 17 heavy (non-hydrogen) atoms. The minimum atomic E-state index is 0.502. The van der Waals surface area contributed by atoms with Crippen LogP contribution in [0.15, 0.2) is 39.8 Å². The van der Waals surface area contributed by atoms with E-state index in [1.807, 2.05) is 44.2 Å². The van der Waals surface area contributed by atoms with Crippen LogP contribution in [0.3, 0.4) is 0 Å². The summed E-state index contributed by atoms with van der Waals surface area (Å²) in [7, 11) is 0. The van der Waals surface area contributed by atoms with E-state index in [0.29, 0.717) is 12.4 Å². The van der Waals surface area contributed by atoms with Crippen LogP contribution >= 0.6 is 0 Å². The van der Waals surface area contributed by atoms with Gasteiger partial charge in [-0.1, -0.05) is 35.5 Å². The van der Waals surface area contributed by atoms with E-state index in [4.69, 9.17) is 10.3 Å². The SMILES string of the molecule is Cc1noc(C)c1CN=C(N)c1ccccc1. The van der Waals surface area contributed by atoms with Gasteiger partial charge in [0, 0.05) is 11.1 Å². The lowest BCUT2D eigenvalue weighted by Crippen LogP contribution is -2.13. The molecule has 0 fully saturated rings. The molecule has 0 amide bonds. The molecule has 0 radical (unpaired) electrons. The topological polar surface area (TPSA) is 64.4 Å². The van der Waals surface area contributed by atoms with Crippen molar-refractivity contribution in [2.24, 2.45) is 10.7 Å². The Bertz CT molecular complexity index is 509. The second-order valence-corrected chi connectivity index (χ2v) is 3.87.